The molecule has 1 spiro atoms. The van der Waals surface area contributed by atoms with E-state index in [4.69, 9.17) is 4.74 Å². The summed E-state index contributed by atoms with van der Waals surface area (Å²) in [4.78, 5) is 41.5. The summed E-state index contributed by atoms with van der Waals surface area (Å²) < 4.78 is 5.06. The van der Waals surface area contributed by atoms with Crippen molar-refractivity contribution < 1.29 is 19.1 Å². The van der Waals surface area contributed by atoms with Crippen LogP contribution in [-0.4, -0.2) is 67.3 Å². The summed E-state index contributed by atoms with van der Waals surface area (Å²) in [5, 5.41) is 0. The van der Waals surface area contributed by atoms with E-state index < -0.39 is 5.41 Å². The molecule has 0 aliphatic carbocycles. The Bertz CT molecular complexity index is 671. The lowest BCUT2D eigenvalue weighted by atomic mass is 9.85. The molecule has 6 nitrogen and oxygen atoms in total. The number of thiophene rings is 1. The molecule has 2 amide bonds. The van der Waals surface area contributed by atoms with E-state index >= 15 is 0 Å². The minimum absolute atomic E-state index is 0.0308. The Kier molecular flexibility index (Phi) is 4.73. The van der Waals surface area contributed by atoms with Crippen molar-refractivity contribution in [3.05, 3.63) is 21.9 Å². The van der Waals surface area contributed by atoms with Crippen LogP contribution in [0.3, 0.4) is 0 Å². The van der Waals surface area contributed by atoms with Gasteiger partial charge in [0.1, 0.15) is 0 Å². The molecule has 24 heavy (non-hydrogen) atoms. The van der Waals surface area contributed by atoms with Gasteiger partial charge >= 0.3 is 0 Å². The Morgan fingerprint density at radius 3 is 2.62 bits per heavy atom. The van der Waals surface area contributed by atoms with Crippen molar-refractivity contribution in [1.82, 2.24) is 9.80 Å². The fourth-order valence-electron chi connectivity index (χ4n) is 3.53. The molecule has 0 bridgehead atoms. The number of hydrogen-bond acceptors (Lipinski definition) is 5. The van der Waals surface area contributed by atoms with E-state index in [0.29, 0.717) is 42.4 Å². The highest BCUT2D eigenvalue weighted by Crippen LogP contribution is 2.41. The van der Waals surface area contributed by atoms with Gasteiger partial charge in [-0.2, -0.15) is 0 Å². The highest BCUT2D eigenvalue weighted by atomic mass is 32.1. The maximum absolute atomic E-state index is 12.7. The van der Waals surface area contributed by atoms with Crippen LogP contribution in [0.25, 0.3) is 0 Å². The summed E-state index contributed by atoms with van der Waals surface area (Å²) in [5.41, 5.74) is -0.427. The first-order chi connectivity index (χ1) is 11.5. The largest absolute Gasteiger partial charge is 0.383 e. The predicted molar refractivity (Wildman–Crippen MR) is 90.4 cm³/mol. The smallest absolute Gasteiger partial charge is 0.263 e. The summed E-state index contributed by atoms with van der Waals surface area (Å²) in [7, 11) is 1.63. The summed E-state index contributed by atoms with van der Waals surface area (Å²) in [6.07, 6.45) is 1.51. The molecule has 7 heteroatoms. The SMILES string of the molecule is COCCN1CCC2(CCN(C(=O)c3ccc(C(C)=O)s3)C2)C1=O. The quantitative estimate of drug-likeness (QED) is 0.758. The molecule has 0 aromatic carbocycles. The number of hydrogen-bond donors (Lipinski definition) is 0. The molecule has 3 heterocycles. The molecule has 1 atom stereocenters. The maximum atomic E-state index is 12.7. The van der Waals surface area contributed by atoms with Crippen molar-refractivity contribution in [3.8, 4) is 0 Å². The second kappa shape index (κ2) is 6.64. The first-order valence-electron chi connectivity index (χ1n) is 8.15. The van der Waals surface area contributed by atoms with E-state index in [0.717, 1.165) is 13.0 Å². The fraction of sp³-hybridized carbons (Fsp3) is 0.588. The van der Waals surface area contributed by atoms with Crippen LogP contribution in [0, 0.1) is 5.41 Å². The lowest BCUT2D eigenvalue weighted by molar-refractivity contribution is -0.135. The van der Waals surface area contributed by atoms with Crippen LogP contribution in [0.1, 0.15) is 39.1 Å². The Morgan fingerprint density at radius 2 is 1.96 bits per heavy atom. The van der Waals surface area contributed by atoms with E-state index in [1.54, 1.807) is 24.1 Å². The predicted octanol–water partition coefficient (Wildman–Crippen LogP) is 1.66. The monoisotopic (exact) mass is 350 g/mol. The van der Waals surface area contributed by atoms with Crippen LogP contribution < -0.4 is 0 Å². The number of ketones is 1. The number of methoxy groups -OCH3 is 1. The molecule has 0 N–H and O–H groups in total. The zero-order valence-electron chi connectivity index (χ0n) is 14.0. The van der Waals surface area contributed by atoms with E-state index in [2.05, 4.69) is 0 Å². The minimum Gasteiger partial charge on any atom is -0.383 e. The zero-order valence-corrected chi connectivity index (χ0v) is 14.9. The highest BCUT2D eigenvalue weighted by molar-refractivity contribution is 7.15. The molecule has 2 aliphatic heterocycles. The normalized spacial score (nSPS) is 23.5. The molecule has 0 radical (unpaired) electrons. The van der Waals surface area contributed by atoms with Crippen molar-refractivity contribution in [1.29, 1.82) is 0 Å². The molecule has 0 saturated carbocycles. The van der Waals surface area contributed by atoms with Crippen molar-refractivity contribution in [2.24, 2.45) is 5.41 Å². The number of carbonyl (C=O) groups is 3. The Balaban J connectivity index is 1.67. The van der Waals surface area contributed by atoms with Crippen LogP contribution in [0.5, 0.6) is 0 Å². The van der Waals surface area contributed by atoms with Gasteiger partial charge in [0.25, 0.3) is 5.91 Å². The van der Waals surface area contributed by atoms with Gasteiger partial charge in [0.15, 0.2) is 5.78 Å². The molecular weight excluding hydrogens is 328 g/mol. The number of nitrogens with zero attached hydrogens (tertiary/aromatic N) is 2. The van der Waals surface area contributed by atoms with E-state index in [-0.39, 0.29) is 17.6 Å². The molecule has 1 aromatic heterocycles. The number of amides is 2. The Morgan fingerprint density at radius 1 is 1.25 bits per heavy atom. The number of likely N-dealkylation sites (tertiary alicyclic amines) is 2. The zero-order chi connectivity index (χ0) is 17.3. The van der Waals surface area contributed by atoms with Gasteiger partial charge in [0, 0.05) is 33.3 Å². The van der Waals surface area contributed by atoms with Gasteiger partial charge < -0.3 is 14.5 Å². The summed E-state index contributed by atoms with van der Waals surface area (Å²) in [5.74, 6) is 0.0367. The molecule has 1 unspecified atom stereocenters. The summed E-state index contributed by atoms with van der Waals surface area (Å²) in [6.45, 7) is 4.44. The molecule has 2 fully saturated rings. The second-order valence-corrected chi connectivity index (χ2v) is 7.60. The van der Waals surface area contributed by atoms with Crippen molar-refractivity contribution >= 4 is 28.9 Å². The average molecular weight is 350 g/mol. The van der Waals surface area contributed by atoms with Gasteiger partial charge in [0.05, 0.1) is 21.8 Å². The third-order valence-corrected chi connectivity index (χ3v) is 6.15. The van der Waals surface area contributed by atoms with Crippen LogP contribution >= 0.6 is 11.3 Å². The lowest BCUT2D eigenvalue weighted by Crippen LogP contribution is -2.39. The highest BCUT2D eigenvalue weighted by Gasteiger charge is 2.51. The van der Waals surface area contributed by atoms with Crippen molar-refractivity contribution in [2.75, 3.05) is 39.9 Å². The van der Waals surface area contributed by atoms with Gasteiger partial charge in [-0.1, -0.05) is 0 Å². The molecule has 2 saturated heterocycles. The topological polar surface area (TPSA) is 66.9 Å². The number of Topliss-reactive ketones (excluding diaryl/α,β-unsaturated/α-hetero) is 1. The Hall–Kier alpha value is -1.73. The average Bonchev–Trinajstić information content (AvgIpc) is 3.27. The fourth-order valence-corrected chi connectivity index (χ4v) is 4.40. The summed E-state index contributed by atoms with van der Waals surface area (Å²) >= 11 is 1.23. The van der Waals surface area contributed by atoms with E-state index in [1.807, 2.05) is 4.90 Å². The van der Waals surface area contributed by atoms with E-state index in [1.165, 1.54) is 18.3 Å². The van der Waals surface area contributed by atoms with E-state index in [9.17, 15) is 14.4 Å². The van der Waals surface area contributed by atoms with Crippen molar-refractivity contribution in [2.45, 2.75) is 19.8 Å². The minimum atomic E-state index is -0.427. The summed E-state index contributed by atoms with van der Waals surface area (Å²) in [6, 6.07) is 3.40. The molecule has 130 valence electrons. The maximum Gasteiger partial charge on any atom is 0.263 e. The van der Waals surface area contributed by atoms with Gasteiger partial charge in [-0.15, -0.1) is 11.3 Å². The molecular formula is C17H22N2O4S. The third-order valence-electron chi connectivity index (χ3n) is 4.97. The standard InChI is InChI=1S/C17H22N2O4S/c1-12(20)13-3-4-14(24-13)15(21)19-8-6-17(11-19)5-7-18(16(17)22)9-10-23-2/h3-4H,5-11H2,1-2H3. The van der Waals surface area contributed by atoms with Crippen LogP contribution in [0.2, 0.25) is 0 Å². The molecule has 3 rings (SSSR count). The van der Waals surface area contributed by atoms with Gasteiger partial charge in [0.2, 0.25) is 5.91 Å². The van der Waals surface area contributed by atoms with Gasteiger partial charge in [-0.3, -0.25) is 14.4 Å². The Labute approximate surface area is 145 Å². The first-order valence-corrected chi connectivity index (χ1v) is 8.97. The number of rotatable bonds is 5. The van der Waals surface area contributed by atoms with Crippen LogP contribution in [-0.2, 0) is 9.53 Å². The molecule has 1 aromatic rings. The van der Waals surface area contributed by atoms with Crippen molar-refractivity contribution in [3.63, 3.8) is 0 Å². The third kappa shape index (κ3) is 2.98. The van der Waals surface area contributed by atoms with Crippen LogP contribution in [0.4, 0.5) is 0 Å². The molecule has 2 aliphatic rings. The second-order valence-electron chi connectivity index (χ2n) is 6.51. The van der Waals surface area contributed by atoms with Gasteiger partial charge in [-0.25, -0.2) is 0 Å². The van der Waals surface area contributed by atoms with Gasteiger partial charge in [-0.05, 0) is 31.9 Å². The first kappa shape index (κ1) is 17.1. The number of carbonyl (C=O) groups excluding carboxylic acids is 3. The number of ether oxygens (including phenoxy) is 1. The lowest BCUT2D eigenvalue weighted by Gasteiger charge is -2.23. The van der Waals surface area contributed by atoms with Crippen LogP contribution in [0.15, 0.2) is 12.1 Å².